The molecule has 0 unspecified atom stereocenters. The lowest BCUT2D eigenvalue weighted by atomic mass is 10.1. The molecule has 1 amide bonds. The van der Waals surface area contributed by atoms with E-state index in [1.54, 1.807) is 0 Å². The summed E-state index contributed by atoms with van der Waals surface area (Å²) >= 11 is 0. The number of rotatable bonds is 5. The Bertz CT molecular complexity index is 462. The van der Waals surface area contributed by atoms with E-state index in [2.05, 4.69) is 10.2 Å². The quantitative estimate of drug-likeness (QED) is 0.868. The number of hydrogen-bond acceptors (Lipinski definition) is 4. The molecular weight excluding hydrogens is 268 g/mol. The first-order valence-corrected chi connectivity index (χ1v) is 7.36. The third-order valence-corrected chi connectivity index (χ3v) is 3.64. The Balaban J connectivity index is 1.68. The molecule has 0 spiro atoms. The van der Waals surface area contributed by atoms with Gasteiger partial charge in [0.1, 0.15) is 6.61 Å². The zero-order valence-electron chi connectivity index (χ0n) is 12.7. The first kappa shape index (κ1) is 15.8. The summed E-state index contributed by atoms with van der Waals surface area (Å²) in [5.74, 6) is 0. The molecular formula is C16H24N2O3. The molecule has 0 aromatic heterocycles. The van der Waals surface area contributed by atoms with E-state index in [4.69, 9.17) is 4.74 Å². The molecule has 0 radical (unpaired) electrons. The Morgan fingerprint density at radius 2 is 2.19 bits per heavy atom. The van der Waals surface area contributed by atoms with E-state index in [0.29, 0.717) is 6.54 Å². The van der Waals surface area contributed by atoms with Gasteiger partial charge >= 0.3 is 6.09 Å². The number of benzene rings is 1. The fraction of sp³-hybridized carbons (Fsp3) is 0.562. The molecule has 1 fully saturated rings. The summed E-state index contributed by atoms with van der Waals surface area (Å²) < 4.78 is 5.19. The van der Waals surface area contributed by atoms with E-state index in [-0.39, 0.29) is 12.6 Å². The number of carbonyl (C=O) groups is 1. The largest absolute Gasteiger partial charge is 0.445 e. The second-order valence-electron chi connectivity index (χ2n) is 6.09. The fourth-order valence-electron chi connectivity index (χ4n) is 2.59. The molecule has 0 aliphatic carbocycles. The smallest absolute Gasteiger partial charge is 0.407 e. The number of alkyl carbamates (subject to hydrolysis) is 1. The van der Waals surface area contributed by atoms with Crippen LogP contribution in [0.25, 0.3) is 0 Å². The van der Waals surface area contributed by atoms with Gasteiger partial charge in [0.25, 0.3) is 0 Å². The number of nitrogens with one attached hydrogen (secondary N) is 1. The van der Waals surface area contributed by atoms with Crippen molar-refractivity contribution < 1.29 is 14.6 Å². The number of likely N-dealkylation sites (tertiary alicyclic amines) is 1. The Morgan fingerprint density at radius 1 is 1.48 bits per heavy atom. The van der Waals surface area contributed by atoms with E-state index in [9.17, 15) is 9.90 Å². The summed E-state index contributed by atoms with van der Waals surface area (Å²) in [6.45, 7) is 6.29. The van der Waals surface area contributed by atoms with Gasteiger partial charge in [0.2, 0.25) is 0 Å². The third-order valence-electron chi connectivity index (χ3n) is 3.64. The van der Waals surface area contributed by atoms with Crippen molar-refractivity contribution in [3.05, 3.63) is 35.9 Å². The average Bonchev–Trinajstić information content (AvgIpc) is 2.76. The summed E-state index contributed by atoms with van der Waals surface area (Å²) in [5.41, 5.74) is 0.365. The molecule has 2 N–H and O–H groups in total. The van der Waals surface area contributed by atoms with Crippen LogP contribution < -0.4 is 5.32 Å². The predicted octanol–water partition coefficient (Wildman–Crippen LogP) is 1.76. The van der Waals surface area contributed by atoms with Crippen LogP contribution in [0.5, 0.6) is 0 Å². The highest BCUT2D eigenvalue weighted by Crippen LogP contribution is 2.19. The van der Waals surface area contributed by atoms with Gasteiger partial charge < -0.3 is 15.2 Å². The van der Waals surface area contributed by atoms with E-state index in [1.165, 1.54) is 0 Å². The fourth-order valence-corrected chi connectivity index (χ4v) is 2.59. The van der Waals surface area contributed by atoms with Gasteiger partial charge in [-0.1, -0.05) is 30.3 Å². The second kappa shape index (κ2) is 6.91. The Labute approximate surface area is 125 Å². The number of carbonyl (C=O) groups excluding carboxylic acids is 1. The Hall–Kier alpha value is -1.59. The molecule has 1 aromatic rings. The highest BCUT2D eigenvalue weighted by atomic mass is 16.5. The van der Waals surface area contributed by atoms with Crippen LogP contribution in [-0.4, -0.2) is 47.4 Å². The van der Waals surface area contributed by atoms with E-state index >= 15 is 0 Å². The van der Waals surface area contributed by atoms with Crippen LogP contribution in [-0.2, 0) is 11.3 Å². The topological polar surface area (TPSA) is 61.8 Å². The van der Waals surface area contributed by atoms with Crippen LogP contribution in [0.15, 0.2) is 30.3 Å². The molecule has 1 aliphatic rings. The maximum absolute atomic E-state index is 11.7. The molecule has 2 rings (SSSR count). The zero-order valence-corrected chi connectivity index (χ0v) is 12.7. The van der Waals surface area contributed by atoms with E-state index in [0.717, 1.165) is 25.1 Å². The molecule has 5 heteroatoms. The second-order valence-corrected chi connectivity index (χ2v) is 6.09. The Morgan fingerprint density at radius 3 is 2.81 bits per heavy atom. The van der Waals surface area contributed by atoms with Crippen molar-refractivity contribution in [3.63, 3.8) is 0 Å². The molecule has 1 heterocycles. The molecule has 116 valence electrons. The van der Waals surface area contributed by atoms with E-state index < -0.39 is 11.7 Å². The van der Waals surface area contributed by atoms with Crippen molar-refractivity contribution in [2.75, 3.05) is 19.6 Å². The summed E-state index contributed by atoms with van der Waals surface area (Å²) in [6.07, 6.45) is 0.371. The Kier molecular flexibility index (Phi) is 5.20. The van der Waals surface area contributed by atoms with E-state index in [1.807, 2.05) is 44.2 Å². The molecule has 1 aromatic carbocycles. The van der Waals surface area contributed by atoms with Gasteiger partial charge in [-0.2, -0.15) is 0 Å². The summed E-state index contributed by atoms with van der Waals surface area (Å²) in [4.78, 5) is 13.9. The minimum atomic E-state index is -0.604. The number of ether oxygens (including phenoxy) is 1. The molecule has 2 atom stereocenters. The number of aliphatic hydroxyl groups is 1. The average molecular weight is 292 g/mol. The summed E-state index contributed by atoms with van der Waals surface area (Å²) in [6, 6.07) is 9.58. The summed E-state index contributed by atoms with van der Waals surface area (Å²) in [7, 11) is 0. The minimum Gasteiger partial charge on any atom is -0.445 e. The van der Waals surface area contributed by atoms with Gasteiger partial charge in [0.15, 0.2) is 0 Å². The standard InChI is InChI=1S/C16H24N2O3/c1-13(10-18-9-8-16(2,20)12-18)17-15(19)21-11-14-6-4-3-5-7-14/h3-7,13,20H,8-12H2,1-2H3,(H,17,19)/t13-,16-/m1/s1. The first-order chi connectivity index (χ1) is 9.94. The predicted molar refractivity (Wildman–Crippen MR) is 80.9 cm³/mol. The SMILES string of the molecule is C[C@H](CN1CC[C@@](C)(O)C1)NC(=O)OCc1ccccc1. The van der Waals surface area contributed by atoms with Gasteiger partial charge in [-0.3, -0.25) is 4.90 Å². The number of β-amino-alcohol motifs (C(OH)–C–C–N with tert-alkyl or cyclic N) is 1. The van der Waals surface area contributed by atoms with Gasteiger partial charge in [-0.05, 0) is 25.8 Å². The number of nitrogens with zero attached hydrogens (tertiary/aromatic N) is 1. The van der Waals surface area contributed by atoms with Crippen LogP contribution in [0.4, 0.5) is 4.79 Å². The molecule has 0 saturated carbocycles. The highest BCUT2D eigenvalue weighted by Gasteiger charge is 2.31. The zero-order chi connectivity index (χ0) is 15.3. The lowest BCUT2D eigenvalue weighted by Crippen LogP contribution is -2.42. The molecule has 1 saturated heterocycles. The third kappa shape index (κ3) is 5.36. The highest BCUT2D eigenvalue weighted by molar-refractivity contribution is 5.67. The lowest BCUT2D eigenvalue weighted by Gasteiger charge is -2.22. The van der Waals surface area contributed by atoms with Crippen molar-refractivity contribution in [1.29, 1.82) is 0 Å². The molecule has 21 heavy (non-hydrogen) atoms. The molecule has 5 nitrogen and oxygen atoms in total. The van der Waals surface area contributed by atoms with Crippen molar-refractivity contribution in [2.45, 2.75) is 38.5 Å². The van der Waals surface area contributed by atoms with Crippen molar-refractivity contribution >= 4 is 6.09 Å². The van der Waals surface area contributed by atoms with Crippen LogP contribution >= 0.6 is 0 Å². The van der Waals surface area contributed by atoms with Crippen molar-refractivity contribution in [3.8, 4) is 0 Å². The minimum absolute atomic E-state index is 0.0119. The van der Waals surface area contributed by atoms with Gasteiger partial charge in [0.05, 0.1) is 5.60 Å². The maximum Gasteiger partial charge on any atom is 0.407 e. The number of hydrogen-bond donors (Lipinski definition) is 2. The first-order valence-electron chi connectivity index (χ1n) is 7.36. The van der Waals surface area contributed by atoms with Crippen LogP contribution in [0.2, 0.25) is 0 Å². The molecule has 0 bridgehead atoms. The van der Waals surface area contributed by atoms with Gasteiger partial charge in [0, 0.05) is 25.7 Å². The van der Waals surface area contributed by atoms with Crippen LogP contribution in [0, 0.1) is 0 Å². The normalized spacial score (nSPS) is 23.8. The van der Waals surface area contributed by atoms with Crippen LogP contribution in [0.3, 0.4) is 0 Å². The van der Waals surface area contributed by atoms with Crippen molar-refractivity contribution in [2.24, 2.45) is 0 Å². The van der Waals surface area contributed by atoms with Gasteiger partial charge in [-0.25, -0.2) is 4.79 Å². The summed E-state index contributed by atoms with van der Waals surface area (Å²) in [5, 5.41) is 12.7. The monoisotopic (exact) mass is 292 g/mol. The maximum atomic E-state index is 11.7. The molecule has 1 aliphatic heterocycles. The lowest BCUT2D eigenvalue weighted by molar-refractivity contribution is 0.0676. The number of amides is 1. The van der Waals surface area contributed by atoms with Crippen LogP contribution in [0.1, 0.15) is 25.8 Å². The van der Waals surface area contributed by atoms with Crippen molar-refractivity contribution in [1.82, 2.24) is 10.2 Å². The van der Waals surface area contributed by atoms with Gasteiger partial charge in [-0.15, -0.1) is 0 Å².